The molecule has 0 N–H and O–H groups in total. The Hall–Kier alpha value is 0.140. The Morgan fingerprint density at radius 2 is 1.86 bits per heavy atom. The van der Waals surface area contributed by atoms with Gasteiger partial charge in [0.1, 0.15) is 0 Å². The molecule has 0 aromatic carbocycles. The van der Waals surface area contributed by atoms with E-state index in [9.17, 15) is 9.59 Å². The van der Waals surface area contributed by atoms with Crippen molar-refractivity contribution in [2.75, 3.05) is 0 Å². The summed E-state index contributed by atoms with van der Waals surface area (Å²) in [4.78, 5) is 24.1. The molecule has 0 amide bonds. The summed E-state index contributed by atoms with van der Waals surface area (Å²) in [5, 5.41) is 0. The Labute approximate surface area is 159 Å². The molecule has 3 atom stereocenters. The van der Waals surface area contributed by atoms with Crippen molar-refractivity contribution in [1.29, 1.82) is 0 Å². The minimum Gasteiger partial charge on any atom is -1.00 e. The zero-order chi connectivity index (χ0) is 15.8. The van der Waals surface area contributed by atoms with Crippen LogP contribution in [0.1, 0.15) is 80.5 Å². The molecule has 3 nitrogen and oxygen atoms in total. The van der Waals surface area contributed by atoms with E-state index in [4.69, 9.17) is 4.74 Å². The van der Waals surface area contributed by atoms with Gasteiger partial charge in [-0.1, -0.05) is 53.4 Å². The molecule has 0 aromatic heterocycles. The van der Waals surface area contributed by atoms with Gasteiger partial charge in [-0.15, -0.1) is 0 Å². The topological polar surface area (TPSA) is 43.4 Å². The fourth-order valence-corrected chi connectivity index (χ4v) is 3.41. The molecule has 1 saturated carbocycles. The number of carbonyl (C=O) groups is 2. The molecule has 0 bridgehead atoms. The summed E-state index contributed by atoms with van der Waals surface area (Å²) in [6.07, 6.45) is 7.64. The molecular formula is C18H33NaO3. The molecule has 0 heterocycles. The first kappa shape index (κ1) is 22.1. The SMILES string of the molecule is CCCCCCC(=O)OC(=O)C1CC(C)CCC1C(C)C.[H-].[Na+]. The van der Waals surface area contributed by atoms with Crippen LogP contribution in [0.3, 0.4) is 0 Å². The monoisotopic (exact) mass is 320 g/mol. The molecule has 0 radical (unpaired) electrons. The minimum absolute atomic E-state index is 0. The van der Waals surface area contributed by atoms with Crippen LogP contribution >= 0.6 is 0 Å². The third-order valence-electron chi connectivity index (χ3n) is 4.77. The molecule has 1 rings (SSSR count). The number of esters is 2. The second-order valence-corrected chi connectivity index (χ2v) is 7.04. The van der Waals surface area contributed by atoms with Crippen LogP contribution in [0.5, 0.6) is 0 Å². The van der Waals surface area contributed by atoms with Crippen LogP contribution in [0.25, 0.3) is 0 Å². The Kier molecular flexibility index (Phi) is 11.7. The largest absolute Gasteiger partial charge is 1.00 e. The maximum Gasteiger partial charge on any atom is 1.00 e. The fraction of sp³-hybridized carbons (Fsp3) is 0.889. The third kappa shape index (κ3) is 7.61. The van der Waals surface area contributed by atoms with Crippen LogP contribution in [0.2, 0.25) is 0 Å². The van der Waals surface area contributed by atoms with Gasteiger partial charge < -0.3 is 6.16 Å². The Morgan fingerprint density at radius 1 is 1.18 bits per heavy atom. The van der Waals surface area contributed by atoms with E-state index in [1.165, 1.54) is 6.42 Å². The first-order valence-corrected chi connectivity index (χ1v) is 8.70. The minimum atomic E-state index is -0.336. The molecule has 4 heteroatoms. The van der Waals surface area contributed by atoms with Gasteiger partial charge >= 0.3 is 41.5 Å². The number of rotatable bonds is 7. The third-order valence-corrected chi connectivity index (χ3v) is 4.77. The van der Waals surface area contributed by atoms with E-state index in [1.807, 2.05) is 0 Å². The van der Waals surface area contributed by atoms with Crippen LogP contribution in [0, 0.1) is 23.7 Å². The maximum absolute atomic E-state index is 12.3. The maximum atomic E-state index is 12.3. The van der Waals surface area contributed by atoms with E-state index in [0.717, 1.165) is 38.5 Å². The van der Waals surface area contributed by atoms with Gasteiger partial charge in [0.15, 0.2) is 0 Å². The molecular weight excluding hydrogens is 287 g/mol. The van der Waals surface area contributed by atoms with Crippen molar-refractivity contribution in [2.24, 2.45) is 23.7 Å². The second-order valence-electron chi connectivity index (χ2n) is 7.04. The average molecular weight is 320 g/mol. The standard InChI is InChI=1S/C18H32O3.Na.H/c1-5-6-7-8-9-17(19)21-18(20)16-12-14(4)10-11-15(16)13(2)3;;/h13-16H,5-12H2,1-4H3;;/q;+1;-1. The molecule has 3 unspecified atom stereocenters. The number of hydrogen-bond donors (Lipinski definition) is 0. The predicted molar refractivity (Wildman–Crippen MR) is 85.8 cm³/mol. The number of hydrogen-bond acceptors (Lipinski definition) is 3. The van der Waals surface area contributed by atoms with E-state index in [2.05, 4.69) is 27.7 Å². The van der Waals surface area contributed by atoms with Crippen LogP contribution in [-0.2, 0) is 14.3 Å². The molecule has 1 aliphatic rings. The van der Waals surface area contributed by atoms with Crippen LogP contribution in [-0.4, -0.2) is 11.9 Å². The van der Waals surface area contributed by atoms with Crippen molar-refractivity contribution in [3.63, 3.8) is 0 Å². The van der Waals surface area contributed by atoms with Crippen LogP contribution in [0.4, 0.5) is 0 Å². The summed E-state index contributed by atoms with van der Waals surface area (Å²) >= 11 is 0. The zero-order valence-corrected chi connectivity index (χ0v) is 17.2. The Morgan fingerprint density at radius 3 is 2.45 bits per heavy atom. The van der Waals surface area contributed by atoms with Gasteiger partial charge in [-0.05, 0) is 37.0 Å². The molecule has 0 aromatic rings. The molecule has 124 valence electrons. The summed E-state index contributed by atoms with van der Waals surface area (Å²) < 4.78 is 5.12. The van der Waals surface area contributed by atoms with Gasteiger partial charge in [0.05, 0.1) is 5.92 Å². The van der Waals surface area contributed by atoms with Crippen molar-refractivity contribution in [2.45, 2.75) is 79.1 Å². The summed E-state index contributed by atoms with van der Waals surface area (Å²) in [6, 6.07) is 0. The second kappa shape index (κ2) is 11.6. The Balaban J connectivity index is 0. The van der Waals surface area contributed by atoms with Crippen molar-refractivity contribution < 1.29 is 45.3 Å². The van der Waals surface area contributed by atoms with E-state index in [0.29, 0.717) is 24.2 Å². The molecule has 1 aliphatic carbocycles. The van der Waals surface area contributed by atoms with Crippen molar-refractivity contribution in [3.05, 3.63) is 0 Å². The summed E-state index contributed by atoms with van der Waals surface area (Å²) in [7, 11) is 0. The molecule has 1 fully saturated rings. The first-order chi connectivity index (χ1) is 9.95. The molecule has 0 saturated heterocycles. The van der Waals surface area contributed by atoms with Gasteiger partial charge in [0.2, 0.25) is 0 Å². The van der Waals surface area contributed by atoms with Gasteiger partial charge in [-0.3, -0.25) is 9.59 Å². The molecule has 0 aliphatic heterocycles. The van der Waals surface area contributed by atoms with Gasteiger partial charge in [-0.25, -0.2) is 0 Å². The Bertz CT molecular complexity index is 347. The summed E-state index contributed by atoms with van der Waals surface area (Å²) in [5.74, 6) is 0.680. The smallest absolute Gasteiger partial charge is 1.00 e. The zero-order valence-electron chi connectivity index (χ0n) is 16.2. The fourth-order valence-electron chi connectivity index (χ4n) is 3.41. The summed E-state index contributed by atoms with van der Waals surface area (Å²) in [5.41, 5.74) is 0. The average Bonchev–Trinajstić information content (AvgIpc) is 2.43. The van der Waals surface area contributed by atoms with E-state index in [1.54, 1.807) is 0 Å². The molecule has 22 heavy (non-hydrogen) atoms. The van der Waals surface area contributed by atoms with Crippen LogP contribution < -0.4 is 29.6 Å². The molecule has 0 spiro atoms. The van der Waals surface area contributed by atoms with Gasteiger partial charge in [0, 0.05) is 6.42 Å². The summed E-state index contributed by atoms with van der Waals surface area (Å²) in [6.45, 7) is 8.64. The number of unbranched alkanes of at least 4 members (excludes halogenated alkanes) is 3. The quantitative estimate of drug-likeness (QED) is 0.311. The first-order valence-electron chi connectivity index (χ1n) is 8.70. The van der Waals surface area contributed by atoms with Crippen molar-refractivity contribution in [1.82, 2.24) is 0 Å². The number of carbonyl (C=O) groups excluding carboxylic acids is 2. The van der Waals surface area contributed by atoms with E-state index in [-0.39, 0.29) is 48.8 Å². The van der Waals surface area contributed by atoms with Crippen LogP contribution in [0.15, 0.2) is 0 Å². The van der Waals surface area contributed by atoms with Crippen molar-refractivity contribution in [3.8, 4) is 0 Å². The normalized spacial score (nSPS) is 24.7. The van der Waals surface area contributed by atoms with E-state index >= 15 is 0 Å². The van der Waals surface area contributed by atoms with Gasteiger partial charge in [-0.2, -0.15) is 0 Å². The van der Waals surface area contributed by atoms with Gasteiger partial charge in [0.25, 0.3) is 0 Å². The van der Waals surface area contributed by atoms with E-state index < -0.39 is 0 Å². The number of ether oxygens (including phenoxy) is 1. The predicted octanol–water partition coefficient (Wildman–Crippen LogP) is 1.85. The van der Waals surface area contributed by atoms with Crippen molar-refractivity contribution >= 4 is 11.9 Å².